The number of alkyl halides is 1. The molecule has 0 spiro atoms. The highest BCUT2D eigenvalue weighted by Gasteiger charge is 2.24. The summed E-state index contributed by atoms with van der Waals surface area (Å²) in [6.45, 7) is 0. The zero-order valence-electron chi connectivity index (χ0n) is 13.6. The Labute approximate surface area is 151 Å². The first kappa shape index (κ1) is 17.2. The molecular weight excluding hydrogens is 388 g/mol. The second-order valence-corrected chi connectivity index (χ2v) is 6.18. The molecule has 0 saturated carbocycles. The van der Waals surface area contributed by atoms with Crippen molar-refractivity contribution in [3.05, 3.63) is 64.1 Å². The van der Waals surface area contributed by atoms with Gasteiger partial charge in [-0.15, -0.1) is 0 Å². The minimum absolute atomic E-state index is 0.110. The number of hydrogen-bond acceptors (Lipinski definition) is 5. The van der Waals surface area contributed by atoms with Crippen LogP contribution in [0.4, 0.5) is 0 Å². The van der Waals surface area contributed by atoms with Gasteiger partial charge < -0.3 is 14.5 Å². The van der Waals surface area contributed by atoms with E-state index in [-0.39, 0.29) is 11.5 Å². The van der Waals surface area contributed by atoms with Crippen LogP contribution in [0.5, 0.6) is 11.5 Å². The third kappa shape index (κ3) is 3.28. The maximum Gasteiger partial charge on any atom is 0.271 e. The molecule has 1 N–H and O–H groups in total. The van der Waals surface area contributed by atoms with Crippen molar-refractivity contribution >= 4 is 32.7 Å². The van der Waals surface area contributed by atoms with Crippen LogP contribution in [0.1, 0.15) is 20.9 Å². The monoisotopic (exact) mass is 402 g/mol. The maximum atomic E-state index is 12.8. The molecule has 1 heterocycles. The standard InChI is InChI=1S/C18H15BrN2O4/c1-24-13-8-7-10(9-14(13)25-2)17(22)15(19)16-18(23)21-12-6-4-3-5-11(12)20-16/h3-9,15H,1-2H3,(H,21,23). The van der Waals surface area contributed by atoms with Crippen molar-refractivity contribution in [1.29, 1.82) is 0 Å². The third-order valence-corrected chi connectivity index (χ3v) is 4.61. The molecule has 1 aromatic heterocycles. The first-order valence-electron chi connectivity index (χ1n) is 7.44. The van der Waals surface area contributed by atoms with Crippen molar-refractivity contribution < 1.29 is 14.3 Å². The van der Waals surface area contributed by atoms with Crippen molar-refractivity contribution in [3.63, 3.8) is 0 Å². The first-order chi connectivity index (χ1) is 12.0. The van der Waals surface area contributed by atoms with E-state index in [9.17, 15) is 9.59 Å². The summed E-state index contributed by atoms with van der Waals surface area (Å²) in [6, 6.07) is 12.0. The number of H-pyrrole nitrogens is 1. The van der Waals surface area contributed by atoms with Gasteiger partial charge in [-0.25, -0.2) is 4.98 Å². The summed E-state index contributed by atoms with van der Waals surface area (Å²) in [5, 5.41) is 0. The Bertz CT molecular complexity index is 1000. The van der Waals surface area contributed by atoms with Crippen molar-refractivity contribution in [1.82, 2.24) is 9.97 Å². The number of halogens is 1. The lowest BCUT2D eigenvalue weighted by molar-refractivity contribution is 0.0989. The largest absolute Gasteiger partial charge is 0.493 e. The average Bonchev–Trinajstić information content (AvgIpc) is 2.65. The fourth-order valence-electron chi connectivity index (χ4n) is 2.48. The van der Waals surface area contributed by atoms with Crippen molar-refractivity contribution in [2.24, 2.45) is 0 Å². The van der Waals surface area contributed by atoms with Gasteiger partial charge in [0.05, 0.1) is 25.3 Å². The molecule has 0 aliphatic rings. The second kappa shape index (κ2) is 7.06. The number of para-hydroxylation sites is 2. The van der Waals surface area contributed by atoms with Crippen LogP contribution in [0, 0.1) is 0 Å². The Balaban J connectivity index is 2.00. The van der Waals surface area contributed by atoms with Gasteiger partial charge in [-0.3, -0.25) is 9.59 Å². The van der Waals surface area contributed by atoms with Crippen molar-refractivity contribution in [2.45, 2.75) is 4.83 Å². The minimum Gasteiger partial charge on any atom is -0.493 e. The van der Waals surface area contributed by atoms with E-state index < -0.39 is 10.4 Å². The number of methoxy groups -OCH3 is 2. The van der Waals surface area contributed by atoms with Gasteiger partial charge in [0.2, 0.25) is 0 Å². The first-order valence-corrected chi connectivity index (χ1v) is 8.36. The predicted octanol–water partition coefficient (Wildman–Crippen LogP) is 3.26. The van der Waals surface area contributed by atoms with Gasteiger partial charge in [0, 0.05) is 5.56 Å². The van der Waals surface area contributed by atoms with E-state index in [0.717, 1.165) is 0 Å². The molecule has 0 aliphatic heterocycles. The molecule has 128 valence electrons. The van der Waals surface area contributed by atoms with Crippen molar-refractivity contribution in [2.75, 3.05) is 14.2 Å². The van der Waals surface area contributed by atoms with E-state index in [2.05, 4.69) is 25.9 Å². The van der Waals surface area contributed by atoms with E-state index in [4.69, 9.17) is 9.47 Å². The molecule has 0 saturated heterocycles. The summed E-state index contributed by atoms with van der Waals surface area (Å²) in [6.07, 6.45) is 0. The quantitative estimate of drug-likeness (QED) is 0.523. The Morgan fingerprint density at radius 1 is 1.12 bits per heavy atom. The van der Waals surface area contributed by atoms with Crippen LogP contribution in [-0.4, -0.2) is 30.0 Å². The summed E-state index contributed by atoms with van der Waals surface area (Å²) in [5.74, 6) is 0.662. The number of carbonyl (C=O) groups excluding carboxylic acids is 1. The van der Waals surface area contributed by atoms with E-state index in [0.29, 0.717) is 28.1 Å². The molecule has 0 radical (unpaired) electrons. The molecule has 3 rings (SSSR count). The van der Waals surface area contributed by atoms with Gasteiger partial charge in [-0.2, -0.15) is 0 Å². The molecule has 1 unspecified atom stereocenters. The summed E-state index contributed by atoms with van der Waals surface area (Å²) >= 11 is 3.30. The Kier molecular flexibility index (Phi) is 4.85. The van der Waals surface area contributed by atoms with Crippen LogP contribution in [0.25, 0.3) is 11.0 Å². The number of fused-ring (bicyclic) bond motifs is 1. The molecule has 6 nitrogen and oxygen atoms in total. The van der Waals surface area contributed by atoms with Crippen LogP contribution < -0.4 is 15.0 Å². The van der Waals surface area contributed by atoms with Gasteiger partial charge >= 0.3 is 0 Å². The number of nitrogens with one attached hydrogen (secondary N) is 1. The van der Waals surface area contributed by atoms with E-state index in [1.54, 1.807) is 36.4 Å². The van der Waals surface area contributed by atoms with Gasteiger partial charge in [0.25, 0.3) is 5.56 Å². The molecule has 0 amide bonds. The molecule has 0 aliphatic carbocycles. The Hall–Kier alpha value is -2.67. The van der Waals surface area contributed by atoms with Crippen LogP contribution in [0.3, 0.4) is 0 Å². The highest BCUT2D eigenvalue weighted by atomic mass is 79.9. The zero-order valence-corrected chi connectivity index (χ0v) is 15.2. The molecule has 0 fully saturated rings. The smallest absolute Gasteiger partial charge is 0.271 e. The molecule has 25 heavy (non-hydrogen) atoms. The topological polar surface area (TPSA) is 81.3 Å². The highest BCUT2D eigenvalue weighted by Crippen LogP contribution is 2.31. The van der Waals surface area contributed by atoms with Gasteiger partial charge in [-0.05, 0) is 30.3 Å². The maximum absolute atomic E-state index is 12.8. The number of ether oxygens (including phenoxy) is 2. The molecule has 0 bridgehead atoms. The van der Waals surface area contributed by atoms with E-state index in [1.165, 1.54) is 14.2 Å². The Morgan fingerprint density at radius 3 is 2.56 bits per heavy atom. The summed E-state index contributed by atoms with van der Waals surface area (Å²) < 4.78 is 10.4. The summed E-state index contributed by atoms with van der Waals surface area (Å²) in [5.41, 5.74) is 1.32. The van der Waals surface area contributed by atoms with Crippen LogP contribution >= 0.6 is 15.9 Å². The lowest BCUT2D eigenvalue weighted by Crippen LogP contribution is -2.21. The fraction of sp³-hybridized carbons (Fsp3) is 0.167. The number of rotatable bonds is 5. The SMILES string of the molecule is COc1ccc(C(=O)C(Br)c2nc3ccccc3[nH]c2=O)cc1OC. The number of Topliss-reactive ketones (excluding diaryl/α,β-unsaturated/α-hetero) is 1. The van der Waals surface area contributed by atoms with Crippen LogP contribution in [-0.2, 0) is 0 Å². The molecule has 1 atom stereocenters. The normalized spacial score (nSPS) is 12.0. The number of carbonyl (C=O) groups is 1. The second-order valence-electron chi connectivity index (χ2n) is 5.26. The number of nitrogens with zero attached hydrogens (tertiary/aromatic N) is 1. The number of benzene rings is 2. The summed E-state index contributed by atoms with van der Waals surface area (Å²) in [4.78, 5) is 31.2. The number of aromatic amines is 1. The van der Waals surface area contributed by atoms with E-state index >= 15 is 0 Å². The number of hydrogen-bond donors (Lipinski definition) is 1. The number of ketones is 1. The van der Waals surface area contributed by atoms with Crippen LogP contribution in [0.2, 0.25) is 0 Å². The third-order valence-electron chi connectivity index (χ3n) is 3.76. The lowest BCUT2D eigenvalue weighted by Gasteiger charge is -2.12. The molecule has 3 aromatic rings. The highest BCUT2D eigenvalue weighted by molar-refractivity contribution is 9.09. The molecule has 2 aromatic carbocycles. The fourth-order valence-corrected chi connectivity index (χ4v) is 3.05. The predicted molar refractivity (Wildman–Crippen MR) is 97.9 cm³/mol. The molecular formula is C18H15BrN2O4. The van der Waals surface area contributed by atoms with Crippen molar-refractivity contribution in [3.8, 4) is 11.5 Å². The number of aromatic nitrogens is 2. The molecule has 7 heteroatoms. The minimum atomic E-state index is -0.876. The summed E-state index contributed by atoms with van der Waals surface area (Å²) in [7, 11) is 3.01. The van der Waals surface area contributed by atoms with Gasteiger partial charge in [0.15, 0.2) is 17.3 Å². The van der Waals surface area contributed by atoms with Crippen LogP contribution in [0.15, 0.2) is 47.3 Å². The van der Waals surface area contributed by atoms with Gasteiger partial charge in [-0.1, -0.05) is 28.1 Å². The van der Waals surface area contributed by atoms with Gasteiger partial charge in [0.1, 0.15) is 10.5 Å². The lowest BCUT2D eigenvalue weighted by atomic mass is 10.1. The average molecular weight is 403 g/mol. The Morgan fingerprint density at radius 2 is 1.84 bits per heavy atom. The zero-order chi connectivity index (χ0) is 18.0. The van der Waals surface area contributed by atoms with E-state index in [1.807, 2.05) is 6.07 Å².